The Bertz CT molecular complexity index is 852. The molecule has 0 fully saturated rings. The largest absolute Gasteiger partial charge is 0.506 e. The van der Waals surface area contributed by atoms with Crippen molar-refractivity contribution in [3.8, 4) is 16.9 Å². The van der Waals surface area contributed by atoms with E-state index in [2.05, 4.69) is 25.1 Å². The number of phenols is 1. The molecule has 0 saturated heterocycles. The molecule has 0 bridgehead atoms. The summed E-state index contributed by atoms with van der Waals surface area (Å²) in [6.07, 6.45) is 4.46. The molecule has 0 unspecified atom stereocenters. The van der Waals surface area contributed by atoms with Crippen molar-refractivity contribution in [2.24, 2.45) is 0 Å². The van der Waals surface area contributed by atoms with Crippen LogP contribution in [-0.2, 0) is 0 Å². The second kappa shape index (κ2) is 7.75. The zero-order chi connectivity index (χ0) is 18.7. The van der Waals surface area contributed by atoms with E-state index in [4.69, 9.17) is 0 Å². The van der Waals surface area contributed by atoms with E-state index in [-0.39, 0.29) is 11.3 Å². The van der Waals surface area contributed by atoms with E-state index in [0.29, 0.717) is 5.56 Å². The zero-order valence-corrected chi connectivity index (χ0v) is 15.3. The van der Waals surface area contributed by atoms with E-state index in [1.165, 1.54) is 23.6 Å². The third kappa shape index (κ3) is 3.65. The summed E-state index contributed by atoms with van der Waals surface area (Å²) in [5.41, 5.74) is 5.26. The minimum Gasteiger partial charge on any atom is -0.506 e. The van der Waals surface area contributed by atoms with Gasteiger partial charge in [-0.1, -0.05) is 42.0 Å². The van der Waals surface area contributed by atoms with E-state index < -0.39 is 5.97 Å². The molecule has 2 aromatic rings. The van der Waals surface area contributed by atoms with E-state index >= 15 is 0 Å². The van der Waals surface area contributed by atoms with Gasteiger partial charge in [0.15, 0.2) is 0 Å². The fourth-order valence-corrected chi connectivity index (χ4v) is 3.76. The monoisotopic (exact) mass is 351 g/mol. The van der Waals surface area contributed by atoms with Crippen LogP contribution in [0.3, 0.4) is 0 Å². The van der Waals surface area contributed by atoms with Crippen molar-refractivity contribution >= 4 is 11.5 Å². The van der Waals surface area contributed by atoms with Gasteiger partial charge in [0.1, 0.15) is 11.3 Å². The molecule has 1 aliphatic carbocycles. The molecule has 0 spiro atoms. The summed E-state index contributed by atoms with van der Waals surface area (Å²) < 4.78 is 0. The predicted molar refractivity (Wildman–Crippen MR) is 104 cm³/mol. The Morgan fingerprint density at radius 3 is 2.31 bits per heavy atom. The van der Waals surface area contributed by atoms with Crippen molar-refractivity contribution < 1.29 is 15.0 Å². The van der Waals surface area contributed by atoms with Gasteiger partial charge < -0.3 is 15.1 Å². The van der Waals surface area contributed by atoms with E-state index in [1.54, 1.807) is 12.1 Å². The number of hydrogen-bond acceptors (Lipinski definition) is 3. The quantitative estimate of drug-likeness (QED) is 0.823. The number of hydrogen-bond donors (Lipinski definition) is 2. The minimum atomic E-state index is -1.12. The minimum absolute atomic E-state index is 0.0663. The maximum Gasteiger partial charge on any atom is 0.339 e. The lowest BCUT2D eigenvalue weighted by molar-refractivity contribution is 0.0694. The summed E-state index contributed by atoms with van der Waals surface area (Å²) in [6, 6.07) is 12.9. The van der Waals surface area contributed by atoms with Gasteiger partial charge in [0, 0.05) is 12.1 Å². The predicted octanol–water partition coefficient (Wildman–Crippen LogP) is 4.65. The standard InChI is InChI=1S/C22H25NO3/c1-23(2)14-15-8-3-4-9-16(15)17-10-5-6-11-18(17)19-12-7-13-20(21(19)24)22(25)26/h5-7,10-13,24H,3-4,8-9,14H2,1-2H3,(H,25,26). The SMILES string of the molecule is CN(C)CC1=C(c2ccccc2-c2cccc(C(=O)O)c2O)CCCC1. The highest BCUT2D eigenvalue weighted by molar-refractivity contribution is 5.95. The number of para-hydroxylation sites is 1. The van der Waals surface area contributed by atoms with Crippen molar-refractivity contribution in [1.82, 2.24) is 4.90 Å². The highest BCUT2D eigenvalue weighted by atomic mass is 16.4. The summed E-state index contributed by atoms with van der Waals surface area (Å²) in [7, 11) is 4.15. The molecule has 4 heteroatoms. The highest BCUT2D eigenvalue weighted by Crippen LogP contribution is 2.41. The molecule has 2 aromatic carbocycles. The first-order valence-electron chi connectivity index (χ1n) is 8.99. The average Bonchev–Trinajstić information content (AvgIpc) is 2.62. The second-order valence-electron chi connectivity index (χ2n) is 7.08. The van der Waals surface area contributed by atoms with E-state index in [1.807, 2.05) is 18.2 Å². The molecule has 0 radical (unpaired) electrons. The molecule has 0 atom stereocenters. The Balaban J connectivity index is 2.17. The average molecular weight is 351 g/mol. The second-order valence-corrected chi connectivity index (χ2v) is 7.08. The molecule has 0 heterocycles. The molecular formula is C22H25NO3. The molecule has 0 amide bonds. The van der Waals surface area contributed by atoms with Gasteiger partial charge in [0.25, 0.3) is 0 Å². The number of aromatic hydroxyl groups is 1. The maximum atomic E-state index is 11.4. The summed E-state index contributed by atoms with van der Waals surface area (Å²) in [4.78, 5) is 13.6. The van der Waals surface area contributed by atoms with Crippen LogP contribution < -0.4 is 0 Å². The number of nitrogens with zero attached hydrogens (tertiary/aromatic N) is 1. The van der Waals surface area contributed by atoms with Crippen LogP contribution in [-0.4, -0.2) is 41.7 Å². The van der Waals surface area contributed by atoms with Crippen LogP contribution in [0.4, 0.5) is 0 Å². The first kappa shape index (κ1) is 18.2. The maximum absolute atomic E-state index is 11.4. The van der Waals surface area contributed by atoms with Gasteiger partial charge >= 0.3 is 5.97 Å². The van der Waals surface area contributed by atoms with Crippen molar-refractivity contribution in [1.29, 1.82) is 0 Å². The number of carboxylic acid groups (broad SMARTS) is 1. The van der Waals surface area contributed by atoms with Crippen LogP contribution in [0.2, 0.25) is 0 Å². The molecule has 4 nitrogen and oxygen atoms in total. The lowest BCUT2D eigenvalue weighted by Crippen LogP contribution is -2.18. The number of benzene rings is 2. The Morgan fingerprint density at radius 1 is 0.962 bits per heavy atom. The molecule has 1 aliphatic rings. The van der Waals surface area contributed by atoms with Crippen LogP contribution in [0, 0.1) is 0 Å². The van der Waals surface area contributed by atoms with Crippen LogP contribution in [0.25, 0.3) is 16.7 Å². The van der Waals surface area contributed by atoms with Crippen molar-refractivity contribution in [3.63, 3.8) is 0 Å². The fourth-order valence-electron chi connectivity index (χ4n) is 3.76. The van der Waals surface area contributed by atoms with Gasteiger partial charge in [-0.05, 0) is 62.5 Å². The van der Waals surface area contributed by atoms with Gasteiger partial charge in [-0.3, -0.25) is 0 Å². The smallest absolute Gasteiger partial charge is 0.339 e. The molecule has 2 N–H and O–H groups in total. The van der Waals surface area contributed by atoms with Gasteiger partial charge in [-0.2, -0.15) is 0 Å². The number of carboxylic acids is 1. The first-order valence-corrected chi connectivity index (χ1v) is 8.99. The Labute approximate surface area is 154 Å². The van der Waals surface area contributed by atoms with E-state index in [9.17, 15) is 15.0 Å². The number of aromatic carboxylic acids is 1. The third-order valence-corrected chi connectivity index (χ3v) is 4.90. The zero-order valence-electron chi connectivity index (χ0n) is 15.3. The third-order valence-electron chi connectivity index (χ3n) is 4.90. The molecule has 26 heavy (non-hydrogen) atoms. The lowest BCUT2D eigenvalue weighted by Gasteiger charge is -2.25. The van der Waals surface area contributed by atoms with Gasteiger partial charge in [0.05, 0.1) is 0 Å². The van der Waals surface area contributed by atoms with Crippen LogP contribution in [0.1, 0.15) is 41.6 Å². The van der Waals surface area contributed by atoms with E-state index in [0.717, 1.165) is 36.9 Å². The molecule has 0 aromatic heterocycles. The van der Waals surface area contributed by atoms with Gasteiger partial charge in [-0.25, -0.2) is 4.79 Å². The molecule has 136 valence electrons. The van der Waals surface area contributed by atoms with Crippen molar-refractivity contribution in [3.05, 3.63) is 59.2 Å². The van der Waals surface area contributed by atoms with Gasteiger partial charge in [0.2, 0.25) is 0 Å². The summed E-state index contributed by atoms with van der Waals surface area (Å²) in [6.45, 7) is 0.921. The summed E-state index contributed by atoms with van der Waals surface area (Å²) in [5, 5.41) is 19.9. The molecule has 0 saturated carbocycles. The Morgan fingerprint density at radius 2 is 1.62 bits per heavy atom. The lowest BCUT2D eigenvalue weighted by atomic mass is 9.83. The van der Waals surface area contributed by atoms with Crippen molar-refractivity contribution in [2.75, 3.05) is 20.6 Å². The molecular weight excluding hydrogens is 326 g/mol. The number of likely N-dealkylation sites (N-methyl/N-ethyl adjacent to an activating group) is 1. The Hall–Kier alpha value is -2.59. The van der Waals surface area contributed by atoms with Crippen LogP contribution >= 0.6 is 0 Å². The fraction of sp³-hybridized carbons (Fsp3) is 0.318. The topological polar surface area (TPSA) is 60.8 Å². The number of rotatable bonds is 5. The normalized spacial score (nSPS) is 14.7. The summed E-state index contributed by atoms with van der Waals surface area (Å²) >= 11 is 0. The van der Waals surface area contributed by atoms with Gasteiger partial charge in [-0.15, -0.1) is 0 Å². The first-order chi connectivity index (χ1) is 12.5. The van der Waals surface area contributed by atoms with Crippen molar-refractivity contribution in [2.45, 2.75) is 25.7 Å². The van der Waals surface area contributed by atoms with Crippen LogP contribution in [0.15, 0.2) is 48.0 Å². The summed E-state index contributed by atoms with van der Waals surface area (Å²) in [5.74, 6) is -1.29. The molecule has 0 aliphatic heterocycles. The highest BCUT2D eigenvalue weighted by Gasteiger charge is 2.20. The Kier molecular flexibility index (Phi) is 5.43. The van der Waals surface area contributed by atoms with Crippen LogP contribution in [0.5, 0.6) is 5.75 Å². The molecule has 3 rings (SSSR count). The number of allylic oxidation sites excluding steroid dienone is 1. The number of carbonyl (C=O) groups is 1.